The fourth-order valence-corrected chi connectivity index (χ4v) is 1.75. The number of nitrogens with two attached hydrogens (primary N) is 1. The number of aliphatic hydroxyl groups excluding tert-OH is 1. The third-order valence-electron chi connectivity index (χ3n) is 2.11. The summed E-state index contributed by atoms with van der Waals surface area (Å²) in [7, 11) is 5.66. The first-order valence-corrected chi connectivity index (χ1v) is 7.54. The van der Waals surface area contributed by atoms with E-state index in [1.807, 2.05) is 27.4 Å². The van der Waals surface area contributed by atoms with Crippen LogP contribution in [0.3, 0.4) is 0 Å². The van der Waals surface area contributed by atoms with Crippen molar-refractivity contribution in [3.05, 3.63) is 0 Å². The molecule has 2 unspecified atom stereocenters. The smallest absolute Gasteiger partial charge is 0.320 e. The molecule has 120 valence electrons. The lowest BCUT2D eigenvalue weighted by atomic mass is 10.2. The number of rotatable bonds is 8. The van der Waals surface area contributed by atoms with Crippen LogP contribution in [0.5, 0.6) is 0 Å². The summed E-state index contributed by atoms with van der Waals surface area (Å²) in [5.74, 6) is -1.30. The Morgan fingerprint density at radius 3 is 2.15 bits per heavy atom. The summed E-state index contributed by atoms with van der Waals surface area (Å²) in [6.07, 6.45) is 1.39. The fraction of sp³-hybridized carbons (Fsp3) is 0.833. The van der Waals surface area contributed by atoms with Gasteiger partial charge in [0.05, 0.1) is 21.1 Å². The van der Waals surface area contributed by atoms with Crippen molar-refractivity contribution in [2.45, 2.75) is 25.0 Å². The monoisotopic (exact) mass is 310 g/mol. The molecule has 0 bridgehead atoms. The predicted molar refractivity (Wildman–Crippen MR) is 77.1 cm³/mol. The van der Waals surface area contributed by atoms with Crippen LogP contribution in [-0.2, 0) is 9.59 Å². The van der Waals surface area contributed by atoms with Crippen molar-refractivity contribution >= 4 is 23.7 Å². The zero-order chi connectivity index (χ0) is 16.3. The Bertz CT molecular complexity index is 294. The lowest BCUT2D eigenvalue weighted by Gasteiger charge is -2.26. The second-order valence-corrected chi connectivity index (χ2v) is 6.41. The molecule has 0 aromatic rings. The summed E-state index contributed by atoms with van der Waals surface area (Å²) in [5, 5.41) is 27.4. The molecule has 0 saturated heterocycles. The van der Waals surface area contributed by atoms with Gasteiger partial charge in [-0.25, -0.2) is 0 Å². The van der Waals surface area contributed by atoms with Crippen molar-refractivity contribution in [3.8, 4) is 0 Å². The molecule has 0 aliphatic carbocycles. The molecular weight excluding hydrogens is 284 g/mol. The summed E-state index contributed by atoms with van der Waals surface area (Å²) in [6, 6.07) is -0.683. The van der Waals surface area contributed by atoms with E-state index in [1.54, 1.807) is 11.8 Å². The molecule has 0 amide bonds. The van der Waals surface area contributed by atoms with Gasteiger partial charge < -0.3 is 30.3 Å². The van der Waals surface area contributed by atoms with Crippen LogP contribution in [0.1, 0.15) is 12.8 Å². The van der Waals surface area contributed by atoms with E-state index in [9.17, 15) is 14.7 Å². The molecule has 0 spiro atoms. The number of hydrogen-bond donors (Lipinski definition) is 3. The quantitative estimate of drug-likeness (QED) is 0.459. The standard InChI is InChI=1S/C7H15NO3.C5H11NO2S/c1-8(2,3)5-6(9)4-7(10)11;1-9-3-2-4(6)5(7)8/h6,9H,4-5H2,1-3H3;4H,2-3,6H2,1H3,(H,7,8). The second-order valence-electron chi connectivity index (χ2n) is 5.43. The van der Waals surface area contributed by atoms with E-state index in [0.29, 0.717) is 17.4 Å². The van der Waals surface area contributed by atoms with E-state index in [4.69, 9.17) is 15.9 Å². The number of carbonyl (C=O) groups is 2. The number of carboxylic acid groups (broad SMARTS) is 2. The average molecular weight is 310 g/mol. The second kappa shape index (κ2) is 10.9. The van der Waals surface area contributed by atoms with Crippen molar-refractivity contribution in [1.29, 1.82) is 0 Å². The molecule has 8 heteroatoms. The minimum Gasteiger partial charge on any atom is -0.550 e. The highest BCUT2D eigenvalue weighted by molar-refractivity contribution is 7.98. The third-order valence-corrected chi connectivity index (χ3v) is 2.75. The van der Waals surface area contributed by atoms with Gasteiger partial charge in [-0.1, -0.05) is 0 Å². The lowest BCUT2D eigenvalue weighted by Crippen LogP contribution is -2.43. The van der Waals surface area contributed by atoms with E-state index in [0.717, 1.165) is 5.75 Å². The van der Waals surface area contributed by atoms with Crippen molar-refractivity contribution in [2.24, 2.45) is 5.73 Å². The number of carboxylic acids is 2. The van der Waals surface area contributed by atoms with E-state index >= 15 is 0 Å². The highest BCUT2D eigenvalue weighted by atomic mass is 32.2. The summed E-state index contributed by atoms with van der Waals surface area (Å²) in [5.41, 5.74) is 5.19. The molecule has 7 nitrogen and oxygen atoms in total. The Morgan fingerprint density at radius 2 is 1.85 bits per heavy atom. The number of aliphatic carboxylic acids is 2. The molecule has 0 fully saturated rings. The van der Waals surface area contributed by atoms with Crippen LogP contribution in [0.25, 0.3) is 0 Å². The van der Waals surface area contributed by atoms with E-state index in [1.165, 1.54) is 0 Å². The van der Waals surface area contributed by atoms with Crippen LogP contribution < -0.4 is 10.8 Å². The number of quaternary nitrogens is 1. The number of likely N-dealkylation sites (N-methyl/N-ethyl adjacent to an activating group) is 1. The molecular formula is C12H26N2O5S. The maximum Gasteiger partial charge on any atom is 0.320 e. The van der Waals surface area contributed by atoms with Crippen LogP contribution in [0, 0.1) is 0 Å². The maximum atomic E-state index is 10.1. The van der Waals surface area contributed by atoms with Crippen molar-refractivity contribution in [1.82, 2.24) is 0 Å². The molecule has 2 atom stereocenters. The van der Waals surface area contributed by atoms with Gasteiger partial charge in [0, 0.05) is 12.4 Å². The molecule has 0 aromatic carbocycles. The summed E-state index contributed by atoms with van der Waals surface area (Å²) in [6.45, 7) is 0.425. The Hall–Kier alpha value is -0.830. The van der Waals surface area contributed by atoms with Crippen LogP contribution >= 0.6 is 11.8 Å². The van der Waals surface area contributed by atoms with Crippen LogP contribution in [-0.4, -0.2) is 78.5 Å². The zero-order valence-electron chi connectivity index (χ0n) is 12.5. The van der Waals surface area contributed by atoms with Crippen molar-refractivity contribution in [3.63, 3.8) is 0 Å². The summed E-state index contributed by atoms with van der Waals surface area (Å²) in [4.78, 5) is 20.1. The Kier molecular flexibility index (Phi) is 11.7. The SMILES string of the molecule is CSCCC(N)C(=O)O.C[N+](C)(C)CC(O)CC(=O)[O-]. The minimum absolute atomic E-state index is 0.282. The summed E-state index contributed by atoms with van der Waals surface area (Å²) < 4.78 is 0.550. The van der Waals surface area contributed by atoms with Gasteiger partial charge in [0.2, 0.25) is 0 Å². The first-order valence-electron chi connectivity index (χ1n) is 6.15. The molecule has 4 N–H and O–H groups in total. The van der Waals surface area contributed by atoms with Crippen molar-refractivity contribution < 1.29 is 29.4 Å². The topological polar surface area (TPSA) is 124 Å². The molecule has 0 aromatic heterocycles. The zero-order valence-corrected chi connectivity index (χ0v) is 13.4. The molecule has 20 heavy (non-hydrogen) atoms. The Balaban J connectivity index is 0. The molecule has 0 radical (unpaired) electrons. The van der Waals surface area contributed by atoms with Crippen molar-refractivity contribution in [2.75, 3.05) is 39.7 Å². The molecule has 0 saturated carbocycles. The first-order chi connectivity index (χ1) is 8.99. The number of hydrogen-bond acceptors (Lipinski definition) is 6. The van der Waals surface area contributed by atoms with E-state index in [-0.39, 0.29) is 6.42 Å². The lowest BCUT2D eigenvalue weighted by molar-refractivity contribution is -0.873. The maximum absolute atomic E-state index is 10.1. The van der Waals surface area contributed by atoms with Gasteiger partial charge in [0.15, 0.2) is 0 Å². The number of aliphatic hydroxyl groups is 1. The first kappa shape index (κ1) is 21.5. The third kappa shape index (κ3) is 17.2. The van der Waals surface area contributed by atoms with Crippen LogP contribution in [0.2, 0.25) is 0 Å². The number of carbonyl (C=O) groups excluding carboxylic acids is 1. The van der Waals surface area contributed by atoms with Gasteiger partial charge in [-0.15, -0.1) is 0 Å². The van der Waals surface area contributed by atoms with Gasteiger partial charge in [-0.05, 0) is 18.4 Å². The van der Waals surface area contributed by atoms with Crippen LogP contribution in [0.15, 0.2) is 0 Å². The van der Waals surface area contributed by atoms with E-state index < -0.39 is 24.1 Å². The molecule has 0 rings (SSSR count). The number of nitrogens with zero attached hydrogens (tertiary/aromatic N) is 1. The minimum atomic E-state index is -1.20. The van der Waals surface area contributed by atoms with Gasteiger partial charge in [-0.3, -0.25) is 4.79 Å². The largest absolute Gasteiger partial charge is 0.550 e. The summed E-state index contributed by atoms with van der Waals surface area (Å²) >= 11 is 1.60. The van der Waals surface area contributed by atoms with Gasteiger partial charge in [0.25, 0.3) is 0 Å². The molecule has 0 aliphatic heterocycles. The van der Waals surface area contributed by atoms with Gasteiger partial charge >= 0.3 is 5.97 Å². The highest BCUT2D eigenvalue weighted by Crippen LogP contribution is 1.98. The predicted octanol–water partition coefficient (Wildman–Crippen LogP) is -1.66. The van der Waals surface area contributed by atoms with E-state index in [2.05, 4.69) is 0 Å². The molecule has 0 aliphatic rings. The van der Waals surface area contributed by atoms with Gasteiger partial charge in [-0.2, -0.15) is 11.8 Å². The highest BCUT2D eigenvalue weighted by Gasteiger charge is 2.14. The average Bonchev–Trinajstić information content (AvgIpc) is 2.22. The molecule has 0 heterocycles. The fourth-order valence-electron chi connectivity index (χ4n) is 1.26. The van der Waals surface area contributed by atoms with Crippen LogP contribution in [0.4, 0.5) is 0 Å². The Labute approximate surface area is 124 Å². The normalized spacial score (nSPS) is 13.9. The Morgan fingerprint density at radius 1 is 1.35 bits per heavy atom. The van der Waals surface area contributed by atoms with Gasteiger partial charge in [0.1, 0.15) is 18.7 Å². The number of thioether (sulfide) groups is 1.